The molecule has 0 saturated heterocycles. The zero-order valence-corrected chi connectivity index (χ0v) is 17.8. The van der Waals surface area contributed by atoms with Crippen molar-refractivity contribution in [1.29, 1.82) is 0 Å². The van der Waals surface area contributed by atoms with Crippen molar-refractivity contribution in [2.75, 3.05) is 6.54 Å². The summed E-state index contributed by atoms with van der Waals surface area (Å²) < 4.78 is 5.43. The molecule has 3 atom stereocenters. The SMILES string of the molecule is CC(S)(CCC(C)(C)OC(=O)C(N)CCC(=O)O)NCCCC[C@H](N)C(=O)O. The third-order valence-corrected chi connectivity index (χ3v) is 4.71. The third-order valence-electron chi connectivity index (χ3n) is 4.33. The van der Waals surface area contributed by atoms with Crippen molar-refractivity contribution in [3.8, 4) is 0 Å². The number of esters is 1. The fraction of sp³-hybridized carbons (Fsp3) is 0.833. The number of rotatable bonds is 15. The van der Waals surface area contributed by atoms with Crippen molar-refractivity contribution in [3.05, 3.63) is 0 Å². The number of hydrogen-bond donors (Lipinski definition) is 6. The Kier molecular flexibility index (Phi) is 11.7. The summed E-state index contributed by atoms with van der Waals surface area (Å²) in [5.74, 6) is -2.62. The third kappa shape index (κ3) is 12.9. The molecule has 0 heterocycles. The van der Waals surface area contributed by atoms with Gasteiger partial charge in [-0.05, 0) is 59.4 Å². The predicted octanol–water partition coefficient (Wildman–Crippen LogP) is 1.10. The lowest BCUT2D eigenvalue weighted by Crippen LogP contribution is -2.42. The van der Waals surface area contributed by atoms with E-state index in [1.54, 1.807) is 13.8 Å². The lowest BCUT2D eigenvalue weighted by atomic mass is 9.98. The molecule has 0 aromatic heterocycles. The molecule has 0 aliphatic heterocycles. The lowest BCUT2D eigenvalue weighted by Gasteiger charge is -2.32. The highest BCUT2D eigenvalue weighted by Crippen LogP contribution is 2.25. The summed E-state index contributed by atoms with van der Waals surface area (Å²) in [4.78, 5) is 32.7. The van der Waals surface area contributed by atoms with Crippen LogP contribution in [0.5, 0.6) is 0 Å². The highest BCUT2D eigenvalue weighted by Gasteiger charge is 2.29. The molecule has 0 aliphatic carbocycles. The van der Waals surface area contributed by atoms with Crippen molar-refractivity contribution < 1.29 is 29.3 Å². The van der Waals surface area contributed by atoms with Gasteiger partial charge in [0.15, 0.2) is 0 Å². The molecule has 0 aromatic rings. The summed E-state index contributed by atoms with van der Waals surface area (Å²) in [5.41, 5.74) is 10.4. The molecule has 0 radical (unpaired) electrons. The van der Waals surface area contributed by atoms with Gasteiger partial charge in [0.05, 0.1) is 4.87 Å². The van der Waals surface area contributed by atoms with Crippen LogP contribution in [0.2, 0.25) is 0 Å². The number of unbranched alkanes of at least 4 members (excludes halogenated alkanes) is 1. The predicted molar refractivity (Wildman–Crippen MR) is 109 cm³/mol. The Hall–Kier alpha value is -1.36. The number of nitrogens with one attached hydrogen (secondary N) is 1. The maximum Gasteiger partial charge on any atom is 0.323 e. The van der Waals surface area contributed by atoms with E-state index in [1.165, 1.54) is 0 Å². The second kappa shape index (κ2) is 12.3. The number of aliphatic carboxylic acids is 2. The van der Waals surface area contributed by atoms with E-state index >= 15 is 0 Å². The first kappa shape index (κ1) is 26.6. The Morgan fingerprint density at radius 3 is 2.18 bits per heavy atom. The minimum atomic E-state index is -1.01. The summed E-state index contributed by atoms with van der Waals surface area (Å²) in [7, 11) is 0. The van der Waals surface area contributed by atoms with Gasteiger partial charge in [-0.25, -0.2) is 0 Å². The number of carbonyl (C=O) groups excluding carboxylic acids is 1. The molecule has 2 unspecified atom stereocenters. The smallest absolute Gasteiger partial charge is 0.323 e. The van der Waals surface area contributed by atoms with Crippen LogP contribution in [0.3, 0.4) is 0 Å². The molecule has 0 rings (SSSR count). The average Bonchev–Trinajstić information content (AvgIpc) is 2.57. The van der Waals surface area contributed by atoms with Gasteiger partial charge in [0.1, 0.15) is 17.7 Å². The van der Waals surface area contributed by atoms with Gasteiger partial charge in [0.25, 0.3) is 0 Å². The fourth-order valence-corrected chi connectivity index (χ4v) is 2.62. The molecule has 10 heteroatoms. The number of ether oxygens (including phenoxy) is 1. The van der Waals surface area contributed by atoms with E-state index in [1.807, 2.05) is 6.92 Å². The maximum atomic E-state index is 12.0. The Bertz CT molecular complexity index is 527. The van der Waals surface area contributed by atoms with Crippen LogP contribution in [-0.4, -0.2) is 57.2 Å². The van der Waals surface area contributed by atoms with Crippen molar-refractivity contribution in [1.82, 2.24) is 5.32 Å². The molecule has 0 spiro atoms. The van der Waals surface area contributed by atoms with E-state index in [0.29, 0.717) is 32.2 Å². The van der Waals surface area contributed by atoms with E-state index in [-0.39, 0.29) is 12.8 Å². The van der Waals surface area contributed by atoms with E-state index in [9.17, 15) is 14.4 Å². The summed E-state index contributed by atoms with van der Waals surface area (Å²) in [6.07, 6.45) is 2.87. The zero-order chi connectivity index (χ0) is 22.0. The Balaban J connectivity index is 4.23. The number of thiol groups is 1. The lowest BCUT2D eigenvalue weighted by molar-refractivity contribution is -0.159. The Morgan fingerprint density at radius 2 is 1.64 bits per heavy atom. The normalized spacial score (nSPS) is 16.1. The first-order valence-electron chi connectivity index (χ1n) is 9.42. The quantitative estimate of drug-likeness (QED) is 0.0982. The van der Waals surface area contributed by atoms with Crippen LogP contribution < -0.4 is 16.8 Å². The fourth-order valence-electron chi connectivity index (χ4n) is 2.40. The van der Waals surface area contributed by atoms with E-state index in [0.717, 1.165) is 6.42 Å². The minimum absolute atomic E-state index is 0.0294. The number of carboxylic acids is 2. The number of carboxylic acid groups (broad SMARTS) is 2. The second-order valence-electron chi connectivity index (χ2n) is 7.86. The minimum Gasteiger partial charge on any atom is -0.481 e. The molecule has 0 aromatic carbocycles. The second-order valence-corrected chi connectivity index (χ2v) is 8.85. The molecule has 0 amide bonds. The highest BCUT2D eigenvalue weighted by atomic mass is 32.1. The van der Waals surface area contributed by atoms with Gasteiger partial charge in [0, 0.05) is 6.42 Å². The molecule has 164 valence electrons. The molecule has 28 heavy (non-hydrogen) atoms. The first-order chi connectivity index (χ1) is 12.8. The Morgan fingerprint density at radius 1 is 1.04 bits per heavy atom. The number of nitrogens with two attached hydrogens (primary N) is 2. The van der Waals surface area contributed by atoms with Crippen molar-refractivity contribution in [2.24, 2.45) is 11.5 Å². The highest BCUT2D eigenvalue weighted by molar-refractivity contribution is 7.81. The maximum absolute atomic E-state index is 12.0. The van der Waals surface area contributed by atoms with Crippen molar-refractivity contribution >= 4 is 30.5 Å². The van der Waals surface area contributed by atoms with Crippen molar-refractivity contribution in [3.63, 3.8) is 0 Å². The van der Waals surface area contributed by atoms with Gasteiger partial charge >= 0.3 is 17.9 Å². The summed E-state index contributed by atoms with van der Waals surface area (Å²) in [5, 5.41) is 20.7. The van der Waals surface area contributed by atoms with Crippen molar-refractivity contribution in [2.45, 2.75) is 88.3 Å². The summed E-state index contributed by atoms with van der Waals surface area (Å²) in [6.45, 7) is 6.11. The summed E-state index contributed by atoms with van der Waals surface area (Å²) in [6, 6.07) is -1.80. The van der Waals surface area contributed by atoms with Crippen LogP contribution in [0.1, 0.15) is 65.7 Å². The number of carbonyl (C=O) groups is 3. The molecule has 0 aliphatic rings. The van der Waals surface area contributed by atoms with Gasteiger partial charge < -0.3 is 31.7 Å². The largest absolute Gasteiger partial charge is 0.481 e. The summed E-state index contributed by atoms with van der Waals surface area (Å²) >= 11 is 4.60. The molecular weight excluding hydrogens is 386 g/mol. The van der Waals surface area contributed by atoms with E-state index < -0.39 is 40.5 Å². The van der Waals surface area contributed by atoms with Crippen LogP contribution in [0.4, 0.5) is 0 Å². The van der Waals surface area contributed by atoms with Gasteiger partial charge in [-0.1, -0.05) is 6.42 Å². The van der Waals surface area contributed by atoms with Crippen LogP contribution >= 0.6 is 12.6 Å². The average molecular weight is 422 g/mol. The van der Waals surface area contributed by atoms with Crippen LogP contribution in [0.15, 0.2) is 0 Å². The first-order valence-corrected chi connectivity index (χ1v) is 9.86. The topological polar surface area (TPSA) is 165 Å². The standard InChI is InChI=1S/C18H35N3O6S/c1-17(2,27-16(26)13(20)7-8-14(22)23)9-10-18(3,28)21-11-5-4-6-12(19)15(24)25/h12-13,21,28H,4-11,19-20H2,1-3H3,(H,22,23)(H,24,25)/t12-,13?,18?/m0/s1. The molecule has 0 saturated carbocycles. The zero-order valence-electron chi connectivity index (χ0n) is 16.9. The van der Waals surface area contributed by atoms with Gasteiger partial charge in [0.2, 0.25) is 0 Å². The van der Waals surface area contributed by atoms with Gasteiger partial charge in [-0.2, -0.15) is 12.6 Å². The van der Waals surface area contributed by atoms with E-state index in [4.69, 9.17) is 26.4 Å². The Labute approximate surface area is 172 Å². The molecule has 7 N–H and O–H groups in total. The van der Waals surface area contributed by atoms with Gasteiger partial charge in [-0.15, -0.1) is 0 Å². The molecule has 0 bridgehead atoms. The monoisotopic (exact) mass is 421 g/mol. The van der Waals surface area contributed by atoms with Gasteiger partial charge in [-0.3, -0.25) is 14.4 Å². The van der Waals surface area contributed by atoms with Crippen LogP contribution in [-0.2, 0) is 19.1 Å². The molecule has 9 nitrogen and oxygen atoms in total. The van der Waals surface area contributed by atoms with E-state index in [2.05, 4.69) is 17.9 Å². The van der Waals surface area contributed by atoms with Crippen LogP contribution in [0.25, 0.3) is 0 Å². The van der Waals surface area contributed by atoms with Crippen LogP contribution in [0, 0.1) is 0 Å². The number of hydrogen-bond acceptors (Lipinski definition) is 8. The molecule has 0 fully saturated rings. The molecular formula is C18H35N3O6S.